The molecule has 1 fully saturated rings. The molecule has 0 amide bonds. The fourth-order valence-electron chi connectivity index (χ4n) is 2.71. The van der Waals surface area contributed by atoms with Gasteiger partial charge in [-0.25, -0.2) is 0 Å². The van der Waals surface area contributed by atoms with Crippen LogP contribution in [0.25, 0.3) is 0 Å². The van der Waals surface area contributed by atoms with Gasteiger partial charge in [0.15, 0.2) is 0 Å². The van der Waals surface area contributed by atoms with Crippen molar-refractivity contribution in [3.63, 3.8) is 0 Å². The van der Waals surface area contributed by atoms with Crippen LogP contribution in [-0.4, -0.2) is 24.9 Å². The summed E-state index contributed by atoms with van der Waals surface area (Å²) < 4.78 is 5.76. The van der Waals surface area contributed by atoms with Crippen molar-refractivity contribution in [2.24, 2.45) is 0 Å². The SMILES string of the molecule is CN1c2cccnc2C2(C)CCOC12. The lowest BCUT2D eigenvalue weighted by Gasteiger charge is -2.25. The summed E-state index contributed by atoms with van der Waals surface area (Å²) in [5.74, 6) is 0. The maximum absolute atomic E-state index is 5.76. The smallest absolute Gasteiger partial charge is 0.141 e. The van der Waals surface area contributed by atoms with Gasteiger partial charge in [-0.3, -0.25) is 4.98 Å². The number of likely N-dealkylation sites (N-methyl/N-ethyl adjacent to an activating group) is 1. The zero-order chi connectivity index (χ0) is 9.76. The van der Waals surface area contributed by atoms with Crippen LogP contribution in [0.2, 0.25) is 0 Å². The lowest BCUT2D eigenvalue weighted by atomic mass is 9.85. The summed E-state index contributed by atoms with van der Waals surface area (Å²) in [7, 11) is 2.09. The molecule has 1 aromatic rings. The number of fused-ring (bicyclic) bond motifs is 3. The van der Waals surface area contributed by atoms with E-state index in [2.05, 4.69) is 29.9 Å². The van der Waals surface area contributed by atoms with Crippen LogP contribution >= 0.6 is 0 Å². The third-order valence-corrected chi connectivity index (χ3v) is 3.50. The van der Waals surface area contributed by atoms with Gasteiger partial charge in [0.05, 0.1) is 23.4 Å². The summed E-state index contributed by atoms with van der Waals surface area (Å²) in [5.41, 5.74) is 2.52. The number of rotatable bonds is 0. The van der Waals surface area contributed by atoms with E-state index < -0.39 is 0 Å². The van der Waals surface area contributed by atoms with Gasteiger partial charge in [-0.1, -0.05) is 0 Å². The van der Waals surface area contributed by atoms with E-state index in [-0.39, 0.29) is 11.6 Å². The number of pyridine rings is 1. The van der Waals surface area contributed by atoms with Crippen LogP contribution in [0.4, 0.5) is 5.69 Å². The summed E-state index contributed by atoms with van der Waals surface area (Å²) in [6.45, 7) is 3.10. The van der Waals surface area contributed by atoms with Gasteiger partial charge in [0.1, 0.15) is 6.23 Å². The highest BCUT2D eigenvalue weighted by atomic mass is 16.5. The number of ether oxygens (including phenoxy) is 1. The Morgan fingerprint density at radius 2 is 2.50 bits per heavy atom. The molecule has 0 N–H and O–H groups in total. The summed E-state index contributed by atoms with van der Waals surface area (Å²) >= 11 is 0. The van der Waals surface area contributed by atoms with Crippen LogP contribution in [0.15, 0.2) is 18.3 Å². The van der Waals surface area contributed by atoms with E-state index in [1.807, 2.05) is 12.3 Å². The van der Waals surface area contributed by atoms with Crippen LogP contribution in [0.3, 0.4) is 0 Å². The van der Waals surface area contributed by atoms with Gasteiger partial charge < -0.3 is 9.64 Å². The standard InChI is InChI=1S/C11H14N2O/c1-11-5-7-14-10(11)13(2)8-4-3-6-12-9(8)11/h3-4,6,10H,5,7H2,1-2H3. The lowest BCUT2D eigenvalue weighted by molar-refractivity contribution is 0.0914. The Morgan fingerprint density at radius 3 is 3.36 bits per heavy atom. The highest BCUT2D eigenvalue weighted by Crippen LogP contribution is 2.48. The fraction of sp³-hybridized carbons (Fsp3) is 0.545. The normalized spacial score (nSPS) is 34.4. The van der Waals surface area contributed by atoms with Gasteiger partial charge in [0, 0.05) is 13.2 Å². The Balaban J connectivity index is 2.21. The van der Waals surface area contributed by atoms with Gasteiger partial charge in [-0.15, -0.1) is 0 Å². The molecule has 1 aromatic heterocycles. The molecule has 0 radical (unpaired) electrons. The average Bonchev–Trinajstić information content (AvgIpc) is 2.67. The lowest BCUT2D eigenvalue weighted by Crippen LogP contribution is -2.37. The third kappa shape index (κ3) is 0.786. The van der Waals surface area contributed by atoms with E-state index in [1.54, 1.807) is 0 Å². The monoisotopic (exact) mass is 190 g/mol. The second kappa shape index (κ2) is 2.48. The summed E-state index contributed by atoms with van der Waals surface area (Å²) in [6, 6.07) is 4.11. The first-order chi connectivity index (χ1) is 6.73. The van der Waals surface area contributed by atoms with E-state index in [4.69, 9.17) is 4.74 Å². The third-order valence-electron chi connectivity index (χ3n) is 3.50. The van der Waals surface area contributed by atoms with E-state index in [0.717, 1.165) is 13.0 Å². The second-order valence-corrected chi connectivity index (χ2v) is 4.37. The molecule has 1 saturated heterocycles. The number of hydrogen-bond acceptors (Lipinski definition) is 3. The summed E-state index contributed by atoms with van der Waals surface area (Å²) in [4.78, 5) is 6.71. The number of aromatic nitrogens is 1. The Hall–Kier alpha value is -1.09. The van der Waals surface area contributed by atoms with Crippen molar-refractivity contribution in [1.82, 2.24) is 4.98 Å². The van der Waals surface area contributed by atoms with Crippen LogP contribution in [0, 0.1) is 0 Å². The minimum atomic E-state index is 0.103. The van der Waals surface area contributed by atoms with Crippen LogP contribution < -0.4 is 4.90 Å². The van der Waals surface area contributed by atoms with Gasteiger partial charge in [-0.2, -0.15) is 0 Å². The van der Waals surface area contributed by atoms with Crippen molar-refractivity contribution in [2.45, 2.75) is 25.0 Å². The Bertz CT molecular complexity index is 379. The molecule has 0 aromatic carbocycles. The molecule has 3 heteroatoms. The highest BCUT2D eigenvalue weighted by molar-refractivity contribution is 5.60. The minimum absolute atomic E-state index is 0.103. The van der Waals surface area contributed by atoms with Gasteiger partial charge in [0.2, 0.25) is 0 Å². The minimum Gasteiger partial charge on any atom is -0.357 e. The van der Waals surface area contributed by atoms with Crippen molar-refractivity contribution in [2.75, 3.05) is 18.6 Å². The molecule has 3 rings (SSSR count). The van der Waals surface area contributed by atoms with Crippen LogP contribution in [0.5, 0.6) is 0 Å². The number of anilines is 1. The van der Waals surface area contributed by atoms with Crippen LogP contribution in [-0.2, 0) is 10.2 Å². The first-order valence-corrected chi connectivity index (χ1v) is 5.03. The Labute approximate surface area is 83.7 Å². The molecule has 0 bridgehead atoms. The topological polar surface area (TPSA) is 25.4 Å². The molecule has 0 spiro atoms. The quantitative estimate of drug-likeness (QED) is 0.620. The molecule has 2 unspecified atom stereocenters. The predicted octanol–water partition coefficient (Wildman–Crippen LogP) is 1.54. The van der Waals surface area contributed by atoms with E-state index >= 15 is 0 Å². The van der Waals surface area contributed by atoms with Crippen molar-refractivity contribution in [1.29, 1.82) is 0 Å². The molecule has 74 valence electrons. The maximum Gasteiger partial charge on any atom is 0.141 e. The maximum atomic E-state index is 5.76. The van der Waals surface area contributed by atoms with E-state index in [0.29, 0.717) is 0 Å². The Morgan fingerprint density at radius 1 is 1.64 bits per heavy atom. The highest BCUT2D eigenvalue weighted by Gasteiger charge is 2.51. The van der Waals surface area contributed by atoms with Crippen molar-refractivity contribution in [3.8, 4) is 0 Å². The van der Waals surface area contributed by atoms with Crippen molar-refractivity contribution >= 4 is 5.69 Å². The first-order valence-electron chi connectivity index (χ1n) is 5.03. The molecule has 2 atom stereocenters. The number of nitrogens with zero attached hydrogens (tertiary/aromatic N) is 2. The van der Waals surface area contributed by atoms with E-state index in [1.165, 1.54) is 11.4 Å². The van der Waals surface area contributed by atoms with Gasteiger partial charge in [-0.05, 0) is 25.5 Å². The molecule has 3 heterocycles. The molecule has 2 aliphatic rings. The summed E-state index contributed by atoms with van der Waals surface area (Å²) in [6.07, 6.45) is 3.14. The Kier molecular flexibility index (Phi) is 1.46. The van der Waals surface area contributed by atoms with Gasteiger partial charge in [0.25, 0.3) is 0 Å². The zero-order valence-corrected chi connectivity index (χ0v) is 8.53. The van der Waals surface area contributed by atoms with Crippen molar-refractivity contribution < 1.29 is 4.74 Å². The molecular weight excluding hydrogens is 176 g/mol. The number of hydrogen-bond donors (Lipinski definition) is 0. The van der Waals surface area contributed by atoms with Crippen molar-refractivity contribution in [3.05, 3.63) is 24.0 Å². The zero-order valence-electron chi connectivity index (χ0n) is 8.53. The van der Waals surface area contributed by atoms with Gasteiger partial charge >= 0.3 is 0 Å². The molecule has 3 nitrogen and oxygen atoms in total. The van der Waals surface area contributed by atoms with Crippen LogP contribution in [0.1, 0.15) is 19.0 Å². The summed E-state index contributed by atoms with van der Waals surface area (Å²) in [5, 5.41) is 0. The molecular formula is C11H14N2O. The largest absolute Gasteiger partial charge is 0.357 e. The predicted molar refractivity (Wildman–Crippen MR) is 54.3 cm³/mol. The molecule has 14 heavy (non-hydrogen) atoms. The molecule has 2 aliphatic heterocycles. The fourth-order valence-corrected chi connectivity index (χ4v) is 2.71. The van der Waals surface area contributed by atoms with E-state index in [9.17, 15) is 0 Å². The molecule has 0 saturated carbocycles. The average molecular weight is 190 g/mol. The first kappa shape index (κ1) is 8.24. The molecule has 0 aliphatic carbocycles. The second-order valence-electron chi connectivity index (χ2n) is 4.37.